The molecule has 4 heterocycles. The summed E-state index contributed by atoms with van der Waals surface area (Å²) in [5.41, 5.74) is 3.20. The van der Waals surface area contributed by atoms with Crippen LogP contribution in [-0.4, -0.2) is 48.4 Å². The van der Waals surface area contributed by atoms with E-state index in [0.29, 0.717) is 22.6 Å². The molecule has 1 aromatic carbocycles. The Balaban J connectivity index is 1.54. The second-order valence-electron chi connectivity index (χ2n) is 7.47. The SMILES string of the molecule is COc1ccncc1-c1cc2cc[nH]c(=O)c2c(Nc2ccc(N3CCOCC3)cc2)n1. The van der Waals surface area contributed by atoms with Gasteiger partial charge in [0.1, 0.15) is 11.6 Å². The van der Waals surface area contributed by atoms with Crippen LogP contribution < -0.4 is 20.5 Å². The van der Waals surface area contributed by atoms with Crippen LogP contribution in [0.4, 0.5) is 17.2 Å². The molecule has 0 saturated carbocycles. The minimum Gasteiger partial charge on any atom is -0.496 e. The molecule has 8 heteroatoms. The molecule has 1 aliphatic rings. The zero-order chi connectivity index (χ0) is 21.9. The Kier molecular flexibility index (Phi) is 5.43. The smallest absolute Gasteiger partial charge is 0.259 e. The highest BCUT2D eigenvalue weighted by atomic mass is 16.5. The number of aromatic nitrogens is 3. The summed E-state index contributed by atoms with van der Waals surface area (Å²) in [7, 11) is 1.61. The lowest BCUT2D eigenvalue weighted by Gasteiger charge is -2.28. The van der Waals surface area contributed by atoms with E-state index in [4.69, 9.17) is 14.5 Å². The third kappa shape index (κ3) is 3.88. The third-order valence-electron chi connectivity index (χ3n) is 5.54. The fourth-order valence-corrected chi connectivity index (χ4v) is 3.91. The summed E-state index contributed by atoms with van der Waals surface area (Å²) < 4.78 is 10.9. The van der Waals surface area contributed by atoms with Crippen LogP contribution in [0.2, 0.25) is 0 Å². The second kappa shape index (κ2) is 8.68. The summed E-state index contributed by atoms with van der Waals surface area (Å²) in [5.74, 6) is 1.14. The Hall–Kier alpha value is -3.91. The average Bonchev–Trinajstić information content (AvgIpc) is 2.85. The highest BCUT2D eigenvalue weighted by Crippen LogP contribution is 2.32. The topological polar surface area (TPSA) is 92.4 Å². The maximum absolute atomic E-state index is 12.6. The number of nitrogens with one attached hydrogen (secondary N) is 2. The zero-order valence-corrected chi connectivity index (χ0v) is 17.7. The summed E-state index contributed by atoms with van der Waals surface area (Å²) in [4.78, 5) is 26.6. The van der Waals surface area contributed by atoms with E-state index in [1.54, 1.807) is 31.8 Å². The Bertz CT molecular complexity index is 1300. The molecule has 4 aromatic rings. The Morgan fingerprint density at radius 2 is 1.94 bits per heavy atom. The van der Waals surface area contributed by atoms with Gasteiger partial charge in [0.2, 0.25) is 0 Å². The number of H-pyrrole nitrogens is 1. The molecule has 32 heavy (non-hydrogen) atoms. The molecular formula is C24H23N5O3. The molecule has 0 amide bonds. The van der Waals surface area contributed by atoms with Gasteiger partial charge in [0.25, 0.3) is 5.56 Å². The molecule has 5 rings (SSSR count). The number of benzene rings is 1. The number of methoxy groups -OCH3 is 1. The molecule has 8 nitrogen and oxygen atoms in total. The number of aromatic amines is 1. The van der Waals surface area contributed by atoms with Crippen molar-refractivity contribution in [3.05, 3.63) is 71.4 Å². The van der Waals surface area contributed by atoms with E-state index in [1.807, 2.05) is 24.3 Å². The van der Waals surface area contributed by atoms with Gasteiger partial charge in [-0.25, -0.2) is 4.98 Å². The third-order valence-corrected chi connectivity index (χ3v) is 5.54. The summed E-state index contributed by atoms with van der Waals surface area (Å²) in [5, 5.41) is 4.60. The summed E-state index contributed by atoms with van der Waals surface area (Å²) in [6.07, 6.45) is 5.01. The van der Waals surface area contributed by atoms with E-state index in [-0.39, 0.29) is 5.56 Å². The van der Waals surface area contributed by atoms with Crippen molar-refractivity contribution < 1.29 is 9.47 Å². The van der Waals surface area contributed by atoms with Gasteiger partial charge in [-0.1, -0.05) is 0 Å². The largest absolute Gasteiger partial charge is 0.496 e. The first kappa shape index (κ1) is 20.0. The molecule has 0 bridgehead atoms. The van der Waals surface area contributed by atoms with Crippen molar-refractivity contribution in [1.82, 2.24) is 15.0 Å². The number of rotatable bonds is 5. The number of ether oxygens (including phenoxy) is 2. The first-order valence-electron chi connectivity index (χ1n) is 10.4. The van der Waals surface area contributed by atoms with E-state index in [2.05, 4.69) is 32.3 Å². The number of anilines is 3. The van der Waals surface area contributed by atoms with Gasteiger partial charge >= 0.3 is 0 Å². The standard InChI is InChI=1S/C24H23N5O3/c1-31-21-7-8-25-15-19(21)20-14-16-6-9-26-24(30)22(16)23(28-20)27-17-2-4-18(5-3-17)29-10-12-32-13-11-29/h2-9,14-15H,10-13H2,1H3,(H,26,30)(H,27,28). The molecule has 0 atom stereocenters. The van der Waals surface area contributed by atoms with Crippen molar-refractivity contribution in [2.24, 2.45) is 0 Å². The van der Waals surface area contributed by atoms with Gasteiger partial charge < -0.3 is 24.7 Å². The summed E-state index contributed by atoms with van der Waals surface area (Å²) in [6, 6.07) is 13.6. The van der Waals surface area contributed by atoms with Gasteiger partial charge in [0.05, 0.1) is 37.0 Å². The molecule has 3 aromatic heterocycles. The second-order valence-corrected chi connectivity index (χ2v) is 7.47. The number of pyridine rings is 3. The summed E-state index contributed by atoms with van der Waals surface area (Å²) >= 11 is 0. The molecule has 0 aliphatic carbocycles. The molecule has 1 fully saturated rings. The Labute approximate surface area is 184 Å². The van der Waals surface area contributed by atoms with Crippen molar-refractivity contribution in [3.8, 4) is 17.0 Å². The lowest BCUT2D eigenvalue weighted by molar-refractivity contribution is 0.122. The van der Waals surface area contributed by atoms with E-state index < -0.39 is 0 Å². The van der Waals surface area contributed by atoms with E-state index in [1.165, 1.54) is 0 Å². The van der Waals surface area contributed by atoms with E-state index in [9.17, 15) is 4.79 Å². The van der Waals surface area contributed by atoms with Crippen molar-refractivity contribution in [2.75, 3.05) is 43.6 Å². The van der Waals surface area contributed by atoms with Crippen molar-refractivity contribution in [3.63, 3.8) is 0 Å². The van der Waals surface area contributed by atoms with Crippen molar-refractivity contribution in [2.45, 2.75) is 0 Å². The maximum Gasteiger partial charge on any atom is 0.259 e. The van der Waals surface area contributed by atoms with Gasteiger partial charge in [-0.3, -0.25) is 9.78 Å². The lowest BCUT2D eigenvalue weighted by atomic mass is 10.1. The van der Waals surface area contributed by atoms with Crippen LogP contribution in [0.15, 0.2) is 65.8 Å². The Morgan fingerprint density at radius 1 is 1.12 bits per heavy atom. The minimum atomic E-state index is -0.202. The van der Waals surface area contributed by atoms with Crippen LogP contribution in [0, 0.1) is 0 Å². The highest BCUT2D eigenvalue weighted by molar-refractivity contribution is 5.95. The van der Waals surface area contributed by atoms with Crippen LogP contribution in [0.5, 0.6) is 5.75 Å². The number of hydrogen-bond acceptors (Lipinski definition) is 7. The first-order chi connectivity index (χ1) is 15.7. The van der Waals surface area contributed by atoms with E-state index >= 15 is 0 Å². The van der Waals surface area contributed by atoms with Crippen LogP contribution in [-0.2, 0) is 4.74 Å². The van der Waals surface area contributed by atoms with E-state index in [0.717, 1.165) is 48.6 Å². The number of hydrogen-bond donors (Lipinski definition) is 2. The first-order valence-corrected chi connectivity index (χ1v) is 10.4. The molecule has 0 spiro atoms. The molecule has 0 radical (unpaired) electrons. The molecular weight excluding hydrogens is 406 g/mol. The number of fused-ring (bicyclic) bond motifs is 1. The van der Waals surface area contributed by atoms with Gasteiger partial charge in [-0.15, -0.1) is 0 Å². The van der Waals surface area contributed by atoms with Gasteiger partial charge in [0, 0.05) is 43.1 Å². The average molecular weight is 429 g/mol. The van der Waals surface area contributed by atoms with Gasteiger partial charge in [-0.2, -0.15) is 0 Å². The quantitative estimate of drug-likeness (QED) is 0.501. The lowest BCUT2D eigenvalue weighted by Crippen LogP contribution is -2.36. The molecule has 2 N–H and O–H groups in total. The van der Waals surface area contributed by atoms with Crippen LogP contribution in [0.25, 0.3) is 22.0 Å². The molecule has 0 unspecified atom stereocenters. The Morgan fingerprint density at radius 3 is 2.72 bits per heavy atom. The normalized spacial score (nSPS) is 13.8. The number of morpholine rings is 1. The molecule has 1 saturated heterocycles. The predicted molar refractivity (Wildman–Crippen MR) is 125 cm³/mol. The van der Waals surface area contributed by atoms with Gasteiger partial charge in [0.15, 0.2) is 0 Å². The van der Waals surface area contributed by atoms with Gasteiger partial charge in [-0.05, 0) is 47.9 Å². The molecule has 1 aliphatic heterocycles. The fraction of sp³-hybridized carbons (Fsp3) is 0.208. The maximum atomic E-state index is 12.6. The number of nitrogens with zero attached hydrogens (tertiary/aromatic N) is 3. The molecule has 162 valence electrons. The predicted octanol–water partition coefficient (Wildman–Crippen LogP) is 3.57. The van der Waals surface area contributed by atoms with Crippen molar-refractivity contribution in [1.29, 1.82) is 0 Å². The minimum absolute atomic E-state index is 0.202. The van der Waals surface area contributed by atoms with Crippen LogP contribution in [0.1, 0.15) is 0 Å². The van der Waals surface area contributed by atoms with Crippen molar-refractivity contribution >= 4 is 28.0 Å². The van der Waals surface area contributed by atoms with Crippen LogP contribution in [0.3, 0.4) is 0 Å². The fourth-order valence-electron chi connectivity index (χ4n) is 3.91. The zero-order valence-electron chi connectivity index (χ0n) is 17.7. The monoisotopic (exact) mass is 429 g/mol. The highest BCUT2D eigenvalue weighted by Gasteiger charge is 2.15. The van der Waals surface area contributed by atoms with Crippen LogP contribution >= 0.6 is 0 Å². The summed E-state index contributed by atoms with van der Waals surface area (Å²) in [6.45, 7) is 3.24.